The third-order valence-electron chi connectivity index (χ3n) is 3.90. The van der Waals surface area contributed by atoms with Crippen molar-refractivity contribution in [2.24, 2.45) is 5.92 Å². The number of epoxide rings is 1. The van der Waals surface area contributed by atoms with E-state index in [1.807, 2.05) is 0 Å². The molecule has 2 aliphatic rings. The normalized spacial score (nSPS) is 29.2. The first-order valence-corrected chi connectivity index (χ1v) is 8.99. The maximum atomic E-state index is 7.57. The fourth-order valence-electron chi connectivity index (χ4n) is 2.69. The van der Waals surface area contributed by atoms with Crippen molar-refractivity contribution in [1.29, 1.82) is 0 Å². The van der Waals surface area contributed by atoms with E-state index in [2.05, 4.69) is 0 Å². The minimum Gasteiger partial charge on any atom is -0.397 e. The van der Waals surface area contributed by atoms with E-state index in [1.165, 1.54) is 19.3 Å². The van der Waals surface area contributed by atoms with Crippen molar-refractivity contribution < 1.29 is 23.1 Å². The Morgan fingerprint density at radius 2 is 1.68 bits per heavy atom. The van der Waals surface area contributed by atoms with E-state index in [0.717, 1.165) is 18.4 Å². The molecule has 0 bridgehead atoms. The number of rotatable bonds is 6. The Kier molecular flexibility index (Phi) is 7.49. The second kappa shape index (κ2) is 8.34. The molecule has 3 atom stereocenters. The third-order valence-corrected chi connectivity index (χ3v) is 6.67. The lowest BCUT2D eigenvalue weighted by atomic mass is 9.88. The zero-order chi connectivity index (χ0) is 14.3. The highest BCUT2D eigenvalue weighted by atomic mass is 28.4. The van der Waals surface area contributed by atoms with E-state index in [9.17, 15) is 0 Å². The second-order valence-electron chi connectivity index (χ2n) is 5.04. The summed E-state index contributed by atoms with van der Waals surface area (Å²) in [5.74, 6) is 0.760. The van der Waals surface area contributed by atoms with Gasteiger partial charge in [0.05, 0.1) is 12.2 Å². The average Bonchev–Trinajstić information content (AvgIpc) is 3.20. The Balaban J connectivity index is 0.000000550. The van der Waals surface area contributed by atoms with Crippen LogP contribution in [0.15, 0.2) is 0 Å². The summed E-state index contributed by atoms with van der Waals surface area (Å²) in [5.41, 5.74) is 0. The molecular formula is C13H28O5Si. The van der Waals surface area contributed by atoms with Crippen molar-refractivity contribution in [3.63, 3.8) is 0 Å². The summed E-state index contributed by atoms with van der Waals surface area (Å²) in [6.07, 6.45) is 6.01. The summed E-state index contributed by atoms with van der Waals surface area (Å²) in [5, 5.41) is 7.57. The number of aliphatic hydroxyl groups excluding tert-OH is 1. The molecule has 0 aromatic heterocycles. The molecule has 19 heavy (non-hydrogen) atoms. The Morgan fingerprint density at radius 1 is 1.11 bits per heavy atom. The molecule has 0 aromatic carbocycles. The fourth-order valence-corrected chi connectivity index (χ4v) is 4.56. The van der Waals surface area contributed by atoms with Crippen molar-refractivity contribution in [2.75, 3.05) is 27.9 Å². The molecule has 114 valence electrons. The van der Waals surface area contributed by atoms with E-state index in [4.69, 9.17) is 23.1 Å². The van der Waals surface area contributed by atoms with Crippen molar-refractivity contribution >= 4 is 8.80 Å². The quantitative estimate of drug-likeness (QED) is 0.598. The van der Waals surface area contributed by atoms with Crippen LogP contribution in [-0.2, 0) is 18.0 Å². The molecule has 6 heteroatoms. The van der Waals surface area contributed by atoms with Gasteiger partial charge < -0.3 is 23.1 Å². The standard InChI is InChI=1S/C11H22O4Si.C2H6O/c1-12-16(13-2,14-3)7-6-9-4-5-10-11(8-9)15-10;1-2-3/h9-11H,4-8H2,1-3H3;3H,2H2,1H3. The van der Waals surface area contributed by atoms with Crippen LogP contribution in [0.1, 0.15) is 32.6 Å². The van der Waals surface area contributed by atoms with Crippen molar-refractivity contribution in [2.45, 2.75) is 50.9 Å². The molecule has 1 heterocycles. The van der Waals surface area contributed by atoms with Gasteiger partial charge in [-0.25, -0.2) is 0 Å². The Labute approximate surface area is 117 Å². The van der Waals surface area contributed by atoms with Gasteiger partial charge in [0.1, 0.15) is 0 Å². The fraction of sp³-hybridized carbons (Fsp3) is 1.00. The lowest BCUT2D eigenvalue weighted by molar-refractivity contribution is 0.120. The minimum absolute atomic E-state index is 0.250. The van der Waals surface area contributed by atoms with E-state index < -0.39 is 8.80 Å². The highest BCUT2D eigenvalue weighted by Gasteiger charge is 2.45. The topological polar surface area (TPSA) is 60.5 Å². The Bertz CT molecular complexity index is 239. The lowest BCUT2D eigenvalue weighted by Gasteiger charge is -2.27. The van der Waals surface area contributed by atoms with Crippen LogP contribution >= 0.6 is 0 Å². The third kappa shape index (κ3) is 5.13. The van der Waals surface area contributed by atoms with Crippen LogP contribution in [0.2, 0.25) is 6.04 Å². The van der Waals surface area contributed by atoms with E-state index in [1.54, 1.807) is 28.3 Å². The van der Waals surface area contributed by atoms with Crippen molar-refractivity contribution in [3.8, 4) is 0 Å². The van der Waals surface area contributed by atoms with Gasteiger partial charge in [-0.15, -0.1) is 0 Å². The molecule has 2 rings (SSSR count). The monoisotopic (exact) mass is 292 g/mol. The molecule has 1 aliphatic carbocycles. The number of fused-ring (bicyclic) bond motifs is 1. The van der Waals surface area contributed by atoms with Crippen molar-refractivity contribution in [3.05, 3.63) is 0 Å². The maximum absolute atomic E-state index is 7.57. The molecule has 2 fully saturated rings. The van der Waals surface area contributed by atoms with Crippen LogP contribution in [0, 0.1) is 5.92 Å². The summed E-state index contributed by atoms with van der Waals surface area (Å²) in [6.45, 7) is 1.93. The number of ether oxygens (including phenoxy) is 1. The maximum Gasteiger partial charge on any atom is 0.500 e. The van der Waals surface area contributed by atoms with Gasteiger partial charge in [-0.1, -0.05) is 0 Å². The van der Waals surface area contributed by atoms with Gasteiger partial charge >= 0.3 is 8.80 Å². The predicted molar refractivity (Wildman–Crippen MR) is 75.0 cm³/mol. The van der Waals surface area contributed by atoms with Gasteiger partial charge in [-0.05, 0) is 38.5 Å². The number of aliphatic hydroxyl groups is 1. The number of hydrogen-bond acceptors (Lipinski definition) is 5. The SMILES string of the molecule is CCO.CO[Si](CCC1CCC2OC2C1)(OC)OC. The van der Waals surface area contributed by atoms with Crippen LogP contribution in [0.5, 0.6) is 0 Å². The predicted octanol–water partition coefficient (Wildman–Crippen LogP) is 1.82. The van der Waals surface area contributed by atoms with Gasteiger partial charge in [0.2, 0.25) is 0 Å². The van der Waals surface area contributed by atoms with Gasteiger partial charge in [0.15, 0.2) is 0 Å². The first-order chi connectivity index (χ1) is 9.14. The molecule has 3 unspecified atom stereocenters. The first-order valence-electron chi connectivity index (χ1n) is 7.06. The Morgan fingerprint density at radius 3 is 2.16 bits per heavy atom. The molecule has 0 radical (unpaired) electrons. The zero-order valence-corrected chi connectivity index (χ0v) is 13.6. The Hall–Kier alpha value is 0.0169. The molecule has 1 saturated carbocycles. The average molecular weight is 292 g/mol. The number of hydrogen-bond donors (Lipinski definition) is 1. The molecule has 0 amide bonds. The molecular weight excluding hydrogens is 264 g/mol. The van der Waals surface area contributed by atoms with Crippen molar-refractivity contribution in [1.82, 2.24) is 0 Å². The molecule has 1 N–H and O–H groups in total. The van der Waals surface area contributed by atoms with Gasteiger partial charge in [0, 0.05) is 34.0 Å². The summed E-state index contributed by atoms with van der Waals surface area (Å²) in [7, 11) is 2.69. The molecule has 0 aromatic rings. The van der Waals surface area contributed by atoms with Crippen LogP contribution in [0.25, 0.3) is 0 Å². The zero-order valence-electron chi connectivity index (χ0n) is 12.6. The van der Waals surface area contributed by atoms with Gasteiger partial charge in [-0.3, -0.25) is 0 Å². The molecule has 1 aliphatic heterocycles. The van der Waals surface area contributed by atoms with E-state index >= 15 is 0 Å². The van der Waals surface area contributed by atoms with Crippen LogP contribution in [0.4, 0.5) is 0 Å². The van der Waals surface area contributed by atoms with Crippen LogP contribution in [0.3, 0.4) is 0 Å². The highest BCUT2D eigenvalue weighted by Crippen LogP contribution is 2.41. The van der Waals surface area contributed by atoms with Gasteiger partial charge in [-0.2, -0.15) is 0 Å². The molecule has 1 saturated heterocycles. The molecule has 5 nitrogen and oxygen atoms in total. The minimum atomic E-state index is -2.35. The smallest absolute Gasteiger partial charge is 0.397 e. The van der Waals surface area contributed by atoms with E-state index in [0.29, 0.717) is 12.2 Å². The van der Waals surface area contributed by atoms with Crippen LogP contribution < -0.4 is 0 Å². The molecule has 0 spiro atoms. The second-order valence-corrected chi connectivity index (χ2v) is 8.13. The van der Waals surface area contributed by atoms with Gasteiger partial charge in [0.25, 0.3) is 0 Å². The lowest BCUT2D eigenvalue weighted by Crippen LogP contribution is -2.43. The van der Waals surface area contributed by atoms with Crippen LogP contribution in [-0.4, -0.2) is 54.1 Å². The highest BCUT2D eigenvalue weighted by molar-refractivity contribution is 6.60. The summed E-state index contributed by atoms with van der Waals surface area (Å²) in [4.78, 5) is 0. The summed E-state index contributed by atoms with van der Waals surface area (Å²) >= 11 is 0. The largest absolute Gasteiger partial charge is 0.500 e. The first kappa shape index (κ1) is 17.1. The summed E-state index contributed by atoms with van der Waals surface area (Å²) in [6, 6.07) is 0.915. The summed E-state index contributed by atoms with van der Waals surface area (Å²) < 4.78 is 21.8. The van der Waals surface area contributed by atoms with E-state index in [-0.39, 0.29) is 6.61 Å².